The van der Waals surface area contributed by atoms with Gasteiger partial charge in [0.15, 0.2) is 5.82 Å². The maximum absolute atomic E-state index is 13.6. The minimum atomic E-state index is -0.639. The van der Waals surface area contributed by atoms with Crippen molar-refractivity contribution in [2.75, 3.05) is 12.0 Å². The van der Waals surface area contributed by atoms with Crippen molar-refractivity contribution < 1.29 is 13.9 Å². The van der Waals surface area contributed by atoms with E-state index >= 15 is 0 Å². The molecular weight excluding hydrogens is 326 g/mol. The number of benzene rings is 1. The molecule has 0 atom stereocenters. The molecule has 0 aliphatic rings. The van der Waals surface area contributed by atoms with Crippen molar-refractivity contribution in [2.45, 2.75) is 13.8 Å². The normalized spacial score (nSPS) is 11.3. The van der Waals surface area contributed by atoms with E-state index in [9.17, 15) is 9.18 Å². The van der Waals surface area contributed by atoms with E-state index in [-0.39, 0.29) is 23.0 Å². The molecule has 4 nitrogen and oxygen atoms in total. The van der Waals surface area contributed by atoms with Gasteiger partial charge in [0.2, 0.25) is 0 Å². The van der Waals surface area contributed by atoms with Crippen molar-refractivity contribution in [2.24, 2.45) is 5.10 Å². The zero-order valence-electron chi connectivity index (χ0n) is 9.76. The van der Waals surface area contributed by atoms with Gasteiger partial charge in [0, 0.05) is 4.47 Å². The molecule has 0 aliphatic heterocycles. The highest BCUT2D eigenvalue weighted by Gasteiger charge is 2.10. The monoisotopic (exact) mass is 336 g/mol. The molecule has 0 saturated heterocycles. The van der Waals surface area contributed by atoms with Gasteiger partial charge in [-0.25, -0.2) is 9.18 Å². The number of hydrogen-bond donors (Lipinski definition) is 1. The number of hydrogen-bond acceptors (Lipinski definition) is 4. The van der Waals surface area contributed by atoms with Gasteiger partial charge in [-0.3, -0.25) is 5.43 Å². The van der Waals surface area contributed by atoms with Gasteiger partial charge >= 0.3 is 5.97 Å². The third kappa shape index (κ3) is 3.96. The largest absolute Gasteiger partial charge is 0.461 e. The van der Waals surface area contributed by atoms with Gasteiger partial charge in [-0.1, -0.05) is 27.5 Å². The molecule has 0 heterocycles. The number of nitrogens with zero attached hydrogens (tertiary/aromatic N) is 1. The van der Waals surface area contributed by atoms with Crippen LogP contribution in [0.15, 0.2) is 21.7 Å². The van der Waals surface area contributed by atoms with Gasteiger partial charge < -0.3 is 4.74 Å². The van der Waals surface area contributed by atoms with Crippen molar-refractivity contribution >= 4 is 44.9 Å². The summed E-state index contributed by atoms with van der Waals surface area (Å²) in [6.45, 7) is 3.40. The Morgan fingerprint density at radius 3 is 2.89 bits per heavy atom. The van der Waals surface area contributed by atoms with Gasteiger partial charge in [0.1, 0.15) is 5.71 Å². The molecule has 1 aromatic rings. The summed E-state index contributed by atoms with van der Waals surface area (Å²) in [5.41, 5.74) is 2.59. The van der Waals surface area contributed by atoms with E-state index in [2.05, 4.69) is 26.5 Å². The Bertz CT molecular complexity index is 494. The van der Waals surface area contributed by atoms with E-state index in [1.807, 2.05) is 0 Å². The topological polar surface area (TPSA) is 50.7 Å². The molecule has 0 amide bonds. The van der Waals surface area contributed by atoms with Crippen molar-refractivity contribution in [3.63, 3.8) is 0 Å². The molecule has 0 spiro atoms. The fourth-order valence-electron chi connectivity index (χ4n) is 1.06. The summed E-state index contributed by atoms with van der Waals surface area (Å²) >= 11 is 8.84. The molecule has 0 unspecified atom stereocenters. The molecule has 1 rings (SSSR count). The highest BCUT2D eigenvalue weighted by molar-refractivity contribution is 9.10. The molecule has 0 fully saturated rings. The number of carbonyl (C=O) groups excluding carboxylic acids is 1. The Labute approximate surface area is 117 Å². The van der Waals surface area contributed by atoms with E-state index in [1.165, 1.54) is 19.1 Å². The van der Waals surface area contributed by atoms with Crippen LogP contribution in [0, 0.1) is 5.82 Å². The second-order valence-corrected chi connectivity index (χ2v) is 4.60. The van der Waals surface area contributed by atoms with Gasteiger partial charge in [-0.05, 0) is 26.0 Å². The van der Waals surface area contributed by atoms with Crippen LogP contribution in [0.4, 0.5) is 10.1 Å². The van der Waals surface area contributed by atoms with Gasteiger partial charge in [0.05, 0.1) is 17.3 Å². The Balaban J connectivity index is 2.86. The summed E-state index contributed by atoms with van der Waals surface area (Å²) in [6.07, 6.45) is 0. The number of nitrogens with one attached hydrogen (secondary N) is 1. The predicted octanol–water partition coefficient (Wildman–Crippen LogP) is 3.59. The first-order chi connectivity index (χ1) is 8.45. The fraction of sp³-hybridized carbons (Fsp3) is 0.273. The summed E-state index contributed by atoms with van der Waals surface area (Å²) in [5, 5.41) is 3.68. The lowest BCUT2D eigenvalue weighted by Gasteiger charge is -2.06. The number of halogens is 3. The Morgan fingerprint density at radius 2 is 2.28 bits per heavy atom. The molecule has 1 N–H and O–H groups in total. The average Bonchev–Trinajstić information content (AvgIpc) is 2.31. The van der Waals surface area contributed by atoms with Crippen LogP contribution in [0.5, 0.6) is 0 Å². The smallest absolute Gasteiger partial charge is 0.354 e. The van der Waals surface area contributed by atoms with Crippen LogP contribution in [0.3, 0.4) is 0 Å². The Morgan fingerprint density at radius 1 is 1.61 bits per heavy atom. The zero-order chi connectivity index (χ0) is 13.7. The molecule has 18 heavy (non-hydrogen) atoms. The standard InChI is InChI=1S/C11H11BrClFN2O2/c1-3-18-11(17)6(2)15-16-9-5-7(12)4-8(13)10(9)14/h4-5,16H,3H2,1-2H3. The van der Waals surface area contributed by atoms with E-state index in [0.29, 0.717) is 4.47 Å². The van der Waals surface area contributed by atoms with Gasteiger partial charge in [-0.15, -0.1) is 0 Å². The van der Waals surface area contributed by atoms with Crippen LogP contribution in [0.1, 0.15) is 13.8 Å². The third-order valence-corrected chi connectivity index (χ3v) is 2.64. The van der Waals surface area contributed by atoms with E-state index in [4.69, 9.17) is 16.3 Å². The summed E-state index contributed by atoms with van der Waals surface area (Å²) < 4.78 is 18.9. The van der Waals surface area contributed by atoms with Crippen LogP contribution in [-0.2, 0) is 9.53 Å². The first-order valence-electron chi connectivity index (χ1n) is 5.07. The van der Waals surface area contributed by atoms with Gasteiger partial charge in [0.25, 0.3) is 0 Å². The van der Waals surface area contributed by atoms with Crippen LogP contribution in [-0.4, -0.2) is 18.3 Å². The summed E-state index contributed by atoms with van der Waals surface area (Å²) in [5.74, 6) is -1.20. The Kier molecular flexibility index (Phi) is 5.55. The first kappa shape index (κ1) is 14.9. The number of rotatable bonds is 4. The van der Waals surface area contributed by atoms with Gasteiger partial charge in [-0.2, -0.15) is 5.10 Å². The van der Waals surface area contributed by atoms with Crippen molar-refractivity contribution in [3.8, 4) is 0 Å². The molecule has 7 heteroatoms. The molecule has 1 aromatic carbocycles. The maximum Gasteiger partial charge on any atom is 0.354 e. The lowest BCUT2D eigenvalue weighted by molar-refractivity contribution is -0.135. The second kappa shape index (κ2) is 6.70. The third-order valence-electron chi connectivity index (χ3n) is 1.91. The molecule has 0 bridgehead atoms. The van der Waals surface area contributed by atoms with Crippen LogP contribution >= 0.6 is 27.5 Å². The molecule has 98 valence electrons. The summed E-state index contributed by atoms with van der Waals surface area (Å²) in [7, 11) is 0. The van der Waals surface area contributed by atoms with Crippen LogP contribution < -0.4 is 5.43 Å². The van der Waals surface area contributed by atoms with E-state index in [0.717, 1.165) is 0 Å². The average molecular weight is 338 g/mol. The lowest BCUT2D eigenvalue weighted by Crippen LogP contribution is -2.15. The number of anilines is 1. The van der Waals surface area contributed by atoms with Crippen LogP contribution in [0.25, 0.3) is 0 Å². The highest BCUT2D eigenvalue weighted by atomic mass is 79.9. The lowest BCUT2D eigenvalue weighted by atomic mass is 10.3. The quantitative estimate of drug-likeness (QED) is 0.395. The van der Waals surface area contributed by atoms with E-state index in [1.54, 1.807) is 6.92 Å². The SMILES string of the molecule is CCOC(=O)C(C)=NNc1cc(Br)cc(Cl)c1F. The molecule has 0 saturated carbocycles. The fourth-order valence-corrected chi connectivity index (χ4v) is 1.87. The summed E-state index contributed by atoms with van der Waals surface area (Å²) in [4.78, 5) is 11.3. The second-order valence-electron chi connectivity index (χ2n) is 3.28. The summed E-state index contributed by atoms with van der Waals surface area (Å²) in [6, 6.07) is 2.88. The zero-order valence-corrected chi connectivity index (χ0v) is 12.1. The number of carbonyl (C=O) groups is 1. The minimum absolute atomic E-state index is 0.0455. The van der Waals surface area contributed by atoms with Crippen molar-refractivity contribution in [1.82, 2.24) is 0 Å². The highest BCUT2D eigenvalue weighted by Crippen LogP contribution is 2.27. The van der Waals surface area contributed by atoms with Crippen molar-refractivity contribution in [1.29, 1.82) is 0 Å². The van der Waals surface area contributed by atoms with Crippen LogP contribution in [0.2, 0.25) is 5.02 Å². The molecule has 0 aliphatic carbocycles. The number of esters is 1. The van der Waals surface area contributed by atoms with Crippen molar-refractivity contribution in [3.05, 3.63) is 27.4 Å². The number of ether oxygens (including phenoxy) is 1. The molecule has 0 aromatic heterocycles. The number of hydrazone groups is 1. The molecule has 0 radical (unpaired) electrons. The predicted molar refractivity (Wildman–Crippen MR) is 72.5 cm³/mol. The first-order valence-corrected chi connectivity index (χ1v) is 6.24. The van der Waals surface area contributed by atoms with E-state index < -0.39 is 11.8 Å². The Hall–Kier alpha value is -1.14. The maximum atomic E-state index is 13.6. The minimum Gasteiger partial charge on any atom is -0.461 e. The molecular formula is C11H11BrClFN2O2.